The van der Waals surface area contributed by atoms with Crippen LogP contribution >= 0.6 is 11.6 Å². The molecule has 0 aromatic heterocycles. The second kappa shape index (κ2) is 9.66. The summed E-state index contributed by atoms with van der Waals surface area (Å²) in [5, 5.41) is 9.45. The van der Waals surface area contributed by atoms with E-state index in [1.807, 2.05) is 19.1 Å². The van der Waals surface area contributed by atoms with Gasteiger partial charge in [-0.2, -0.15) is 0 Å². The monoisotopic (exact) mass is 456 g/mol. The van der Waals surface area contributed by atoms with Crippen molar-refractivity contribution >= 4 is 33.5 Å². The average molecular weight is 457 g/mol. The third kappa shape index (κ3) is 5.15. The molecule has 1 aromatic carbocycles. The first-order chi connectivity index (χ1) is 14.2. The number of benzene rings is 1. The summed E-state index contributed by atoms with van der Waals surface area (Å²) < 4.78 is 27.7. The van der Waals surface area contributed by atoms with Crippen LogP contribution in [0, 0.1) is 5.92 Å². The van der Waals surface area contributed by atoms with Crippen molar-refractivity contribution in [1.29, 1.82) is 0 Å². The van der Waals surface area contributed by atoms with Gasteiger partial charge >= 0.3 is 5.97 Å². The van der Waals surface area contributed by atoms with E-state index in [0.29, 0.717) is 37.1 Å². The Kier molecular flexibility index (Phi) is 7.42. The SMILES string of the molecule is CCC(CNS(=O)(=O)C1CCC1)N1C(=O)C(CC(=O)O)CCC1c1ccc(Cl)cc1. The molecule has 1 saturated heterocycles. The predicted molar refractivity (Wildman–Crippen MR) is 115 cm³/mol. The van der Waals surface area contributed by atoms with Crippen molar-refractivity contribution in [2.45, 2.75) is 69.2 Å². The van der Waals surface area contributed by atoms with E-state index in [2.05, 4.69) is 4.72 Å². The molecule has 9 heteroatoms. The summed E-state index contributed by atoms with van der Waals surface area (Å²) >= 11 is 6.01. The van der Waals surface area contributed by atoms with Gasteiger partial charge in [0.15, 0.2) is 0 Å². The fraction of sp³-hybridized carbons (Fsp3) is 0.619. The third-order valence-corrected chi connectivity index (χ3v) is 8.45. The zero-order valence-corrected chi connectivity index (χ0v) is 18.7. The molecule has 1 heterocycles. The van der Waals surface area contributed by atoms with Gasteiger partial charge in [0.05, 0.1) is 17.7 Å². The molecule has 7 nitrogen and oxygen atoms in total. The Labute approximate surface area is 182 Å². The van der Waals surface area contributed by atoms with Gasteiger partial charge in [0, 0.05) is 23.5 Å². The Morgan fingerprint density at radius 2 is 1.90 bits per heavy atom. The van der Waals surface area contributed by atoms with Crippen LogP contribution in [0.1, 0.15) is 63.5 Å². The molecule has 0 spiro atoms. The van der Waals surface area contributed by atoms with E-state index in [4.69, 9.17) is 11.6 Å². The number of hydrogen-bond acceptors (Lipinski definition) is 4. The van der Waals surface area contributed by atoms with Crippen LogP contribution in [0.2, 0.25) is 5.02 Å². The van der Waals surface area contributed by atoms with E-state index < -0.39 is 21.9 Å². The van der Waals surface area contributed by atoms with Gasteiger partial charge in [-0.25, -0.2) is 13.1 Å². The normalized spacial score (nSPS) is 23.8. The molecule has 166 valence electrons. The van der Waals surface area contributed by atoms with Crippen LogP contribution in [0.25, 0.3) is 0 Å². The third-order valence-electron chi connectivity index (χ3n) is 6.28. The van der Waals surface area contributed by atoms with E-state index in [9.17, 15) is 23.1 Å². The summed E-state index contributed by atoms with van der Waals surface area (Å²) in [6, 6.07) is 6.68. The van der Waals surface area contributed by atoms with Gasteiger partial charge in [0.2, 0.25) is 15.9 Å². The first-order valence-electron chi connectivity index (χ1n) is 10.5. The molecule has 1 amide bonds. The van der Waals surface area contributed by atoms with Gasteiger partial charge in [-0.05, 0) is 49.8 Å². The summed E-state index contributed by atoms with van der Waals surface area (Å²) in [7, 11) is -3.40. The average Bonchev–Trinajstić information content (AvgIpc) is 2.63. The van der Waals surface area contributed by atoms with Crippen LogP contribution in [0.3, 0.4) is 0 Å². The topological polar surface area (TPSA) is 104 Å². The molecular weight excluding hydrogens is 428 g/mol. The van der Waals surface area contributed by atoms with Gasteiger partial charge in [-0.3, -0.25) is 9.59 Å². The number of hydrogen-bond donors (Lipinski definition) is 2. The standard InChI is InChI=1S/C21H29ClN2O5S/c1-2-17(13-23-30(28,29)18-4-3-5-18)24-19(14-6-9-16(22)10-7-14)11-8-15(21(24)27)12-20(25)26/h6-7,9-10,15,17-19,23H,2-5,8,11-13H2,1H3,(H,25,26). The van der Waals surface area contributed by atoms with Gasteiger partial charge in [-0.1, -0.05) is 37.1 Å². The molecule has 3 atom stereocenters. The smallest absolute Gasteiger partial charge is 0.304 e. The Bertz CT molecular complexity index is 870. The lowest BCUT2D eigenvalue weighted by molar-refractivity contribution is -0.151. The fourth-order valence-corrected chi connectivity index (χ4v) is 6.02. The van der Waals surface area contributed by atoms with Crippen LogP contribution in [0.4, 0.5) is 0 Å². The number of halogens is 1. The molecule has 0 bridgehead atoms. The first-order valence-corrected chi connectivity index (χ1v) is 12.4. The number of piperidine rings is 1. The molecule has 2 fully saturated rings. The van der Waals surface area contributed by atoms with Crippen molar-refractivity contribution in [2.75, 3.05) is 6.54 Å². The molecule has 1 aromatic rings. The van der Waals surface area contributed by atoms with Crippen LogP contribution in [0.15, 0.2) is 24.3 Å². The number of sulfonamides is 1. The van der Waals surface area contributed by atoms with E-state index in [-0.39, 0.29) is 36.2 Å². The minimum atomic E-state index is -3.40. The molecule has 2 N–H and O–H groups in total. The van der Waals surface area contributed by atoms with Crippen molar-refractivity contribution in [3.8, 4) is 0 Å². The Morgan fingerprint density at radius 1 is 1.23 bits per heavy atom. The van der Waals surface area contributed by atoms with Crippen molar-refractivity contribution in [2.24, 2.45) is 5.92 Å². The molecule has 1 aliphatic heterocycles. The second-order valence-corrected chi connectivity index (χ2v) is 10.7. The van der Waals surface area contributed by atoms with E-state index in [1.54, 1.807) is 17.0 Å². The number of carboxylic acids is 1. The van der Waals surface area contributed by atoms with Gasteiger partial charge in [0.25, 0.3) is 0 Å². The van der Waals surface area contributed by atoms with Gasteiger partial charge in [-0.15, -0.1) is 0 Å². The van der Waals surface area contributed by atoms with Gasteiger partial charge in [0.1, 0.15) is 0 Å². The summed E-state index contributed by atoms with van der Waals surface area (Å²) in [6.07, 6.45) is 3.71. The zero-order chi connectivity index (χ0) is 21.9. The van der Waals surface area contributed by atoms with E-state index in [0.717, 1.165) is 12.0 Å². The fourth-order valence-electron chi connectivity index (χ4n) is 4.28. The molecule has 2 aliphatic rings. The number of nitrogens with zero attached hydrogens (tertiary/aromatic N) is 1. The van der Waals surface area contributed by atoms with Gasteiger partial charge < -0.3 is 10.0 Å². The summed E-state index contributed by atoms with van der Waals surface area (Å²) in [5.74, 6) is -1.82. The number of likely N-dealkylation sites (tertiary alicyclic amines) is 1. The Morgan fingerprint density at radius 3 is 2.43 bits per heavy atom. The molecular formula is C21H29ClN2O5S. The van der Waals surface area contributed by atoms with E-state index >= 15 is 0 Å². The summed E-state index contributed by atoms with van der Waals surface area (Å²) in [4.78, 5) is 26.3. The Hall–Kier alpha value is -1.64. The van der Waals surface area contributed by atoms with Crippen LogP contribution in [-0.2, 0) is 19.6 Å². The number of rotatable bonds is 9. The number of aliphatic carboxylic acids is 1. The highest BCUT2D eigenvalue weighted by molar-refractivity contribution is 7.90. The summed E-state index contributed by atoms with van der Waals surface area (Å²) in [5.41, 5.74) is 0.918. The van der Waals surface area contributed by atoms with Crippen molar-refractivity contribution in [3.05, 3.63) is 34.9 Å². The number of nitrogens with one attached hydrogen (secondary N) is 1. The van der Waals surface area contributed by atoms with Crippen LogP contribution < -0.4 is 4.72 Å². The molecule has 1 aliphatic carbocycles. The molecule has 3 rings (SSSR count). The maximum atomic E-state index is 13.3. The molecule has 3 unspecified atom stereocenters. The van der Waals surface area contributed by atoms with Crippen molar-refractivity contribution < 1.29 is 23.1 Å². The highest BCUT2D eigenvalue weighted by Crippen LogP contribution is 2.38. The predicted octanol–water partition coefficient (Wildman–Crippen LogP) is 3.34. The van der Waals surface area contributed by atoms with Crippen molar-refractivity contribution in [1.82, 2.24) is 9.62 Å². The molecule has 30 heavy (non-hydrogen) atoms. The van der Waals surface area contributed by atoms with E-state index in [1.165, 1.54) is 0 Å². The minimum Gasteiger partial charge on any atom is -0.481 e. The number of carbonyl (C=O) groups excluding carboxylic acids is 1. The second-order valence-electron chi connectivity index (χ2n) is 8.19. The highest BCUT2D eigenvalue weighted by Gasteiger charge is 2.41. The zero-order valence-electron chi connectivity index (χ0n) is 17.1. The van der Waals surface area contributed by atoms with Crippen LogP contribution in [0.5, 0.6) is 0 Å². The largest absolute Gasteiger partial charge is 0.481 e. The van der Waals surface area contributed by atoms with Crippen LogP contribution in [-0.4, -0.2) is 48.1 Å². The summed E-state index contributed by atoms with van der Waals surface area (Å²) in [6.45, 7) is 2.04. The number of carbonyl (C=O) groups is 2. The Balaban J connectivity index is 1.84. The molecule has 1 saturated carbocycles. The number of carboxylic acid groups (broad SMARTS) is 1. The quantitative estimate of drug-likeness (QED) is 0.593. The minimum absolute atomic E-state index is 0.130. The lowest BCUT2D eigenvalue weighted by Gasteiger charge is -2.44. The lowest BCUT2D eigenvalue weighted by atomic mass is 9.85. The first kappa shape index (κ1) is 23.0. The lowest BCUT2D eigenvalue weighted by Crippen LogP contribution is -2.53. The maximum Gasteiger partial charge on any atom is 0.304 e. The maximum absolute atomic E-state index is 13.3. The molecule has 0 radical (unpaired) electrons. The highest BCUT2D eigenvalue weighted by atomic mass is 35.5. The van der Waals surface area contributed by atoms with Crippen molar-refractivity contribution in [3.63, 3.8) is 0 Å². The number of amides is 1.